The maximum absolute atomic E-state index is 13.5. The summed E-state index contributed by atoms with van der Waals surface area (Å²) >= 11 is 6.07. The molecule has 8 N–H and O–H groups in total. The second-order valence-corrected chi connectivity index (χ2v) is 14.4. The average Bonchev–Trinajstić information content (AvgIpc) is 3.47. The number of carbonyl (C=O) groups excluding carboxylic acids is 2. The summed E-state index contributed by atoms with van der Waals surface area (Å²) in [4.78, 5) is 51.1. The lowest BCUT2D eigenvalue weighted by Crippen LogP contribution is -2.51. The molecule has 2 atom stereocenters. The Hall–Kier alpha value is -5.20. The topological polar surface area (TPSA) is 194 Å². The van der Waals surface area contributed by atoms with E-state index in [1.165, 1.54) is 22.3 Å². The molecule has 12 nitrogen and oxygen atoms in total. The van der Waals surface area contributed by atoms with E-state index >= 15 is 0 Å². The highest BCUT2D eigenvalue weighted by atomic mass is 35.5. The quantitative estimate of drug-likeness (QED) is 0.121. The van der Waals surface area contributed by atoms with Crippen molar-refractivity contribution in [1.82, 2.24) is 25.1 Å². The van der Waals surface area contributed by atoms with E-state index in [-0.39, 0.29) is 78.2 Å². The highest BCUT2D eigenvalue weighted by Crippen LogP contribution is 2.48. The van der Waals surface area contributed by atoms with E-state index in [9.17, 15) is 19.5 Å². The van der Waals surface area contributed by atoms with Crippen LogP contribution in [0.1, 0.15) is 64.3 Å². The van der Waals surface area contributed by atoms with Gasteiger partial charge in [0.1, 0.15) is 0 Å². The van der Waals surface area contributed by atoms with Crippen molar-refractivity contribution in [3.63, 3.8) is 0 Å². The second kappa shape index (κ2) is 16.6. The smallest absolute Gasteiger partial charge is 0.407 e. The van der Waals surface area contributed by atoms with Crippen molar-refractivity contribution in [2.75, 3.05) is 44.2 Å². The number of nitrogens with zero attached hydrogens (tertiary/aromatic N) is 4. The number of nitrogen functional groups attached to an aromatic ring is 2. The molecule has 2 heterocycles. The van der Waals surface area contributed by atoms with E-state index in [4.69, 9.17) is 28.8 Å². The zero-order valence-corrected chi connectivity index (χ0v) is 30.6. The van der Waals surface area contributed by atoms with Crippen LogP contribution in [-0.2, 0) is 11.2 Å². The number of aryl methyl sites for hydroxylation is 1. The molecule has 0 bridgehead atoms. The maximum atomic E-state index is 13.5. The van der Waals surface area contributed by atoms with Gasteiger partial charge in [0.2, 0.25) is 5.91 Å². The number of amides is 3. The highest BCUT2D eigenvalue weighted by molar-refractivity contribution is 6.31. The van der Waals surface area contributed by atoms with Gasteiger partial charge in [0, 0.05) is 51.1 Å². The largest absolute Gasteiger partial charge is 0.465 e. The van der Waals surface area contributed by atoms with Crippen LogP contribution in [-0.4, -0.2) is 81.5 Å². The molecule has 6 rings (SSSR count). The Kier molecular flexibility index (Phi) is 11.8. The van der Waals surface area contributed by atoms with Gasteiger partial charge in [0.25, 0.3) is 5.91 Å². The van der Waals surface area contributed by atoms with Crippen molar-refractivity contribution < 1.29 is 19.5 Å². The molecule has 1 aliphatic heterocycles. The number of piperidine rings is 1. The first-order chi connectivity index (χ1) is 25.5. The van der Waals surface area contributed by atoms with Crippen molar-refractivity contribution in [3.8, 4) is 11.1 Å². The molecule has 0 radical (unpaired) electrons. The molecule has 1 saturated heterocycles. The summed E-state index contributed by atoms with van der Waals surface area (Å²) in [6, 6.07) is 24.3. The second-order valence-electron chi connectivity index (χ2n) is 14.1. The van der Waals surface area contributed by atoms with E-state index in [1.807, 2.05) is 60.4 Å². The number of nitrogens with one attached hydrogen (secondary N) is 1. The molecule has 278 valence electrons. The summed E-state index contributed by atoms with van der Waals surface area (Å²) in [5, 5.41) is 13.9. The van der Waals surface area contributed by atoms with Crippen LogP contribution in [0.4, 0.5) is 16.4 Å². The Morgan fingerprint density at radius 2 is 1.57 bits per heavy atom. The lowest BCUT2D eigenvalue weighted by Gasteiger charge is -2.42. The SMILES string of the molecule is Cc1ccccc1CC(CNC(=O)c1nc(Cl)c(N)nc1N)CN(C(=O)O)C(CC1c2ccccc2-c2ccccc21)C1CCN(C(=O)CCN)CC1. The van der Waals surface area contributed by atoms with Gasteiger partial charge in [-0.15, -0.1) is 0 Å². The number of anilines is 2. The van der Waals surface area contributed by atoms with E-state index in [1.54, 1.807) is 4.90 Å². The summed E-state index contributed by atoms with van der Waals surface area (Å²) in [7, 11) is 0. The zero-order chi connectivity index (χ0) is 37.6. The van der Waals surface area contributed by atoms with Crippen molar-refractivity contribution in [2.45, 2.75) is 51.0 Å². The van der Waals surface area contributed by atoms with Gasteiger partial charge < -0.3 is 37.4 Å². The molecule has 53 heavy (non-hydrogen) atoms. The maximum Gasteiger partial charge on any atom is 0.407 e. The third-order valence-corrected chi connectivity index (χ3v) is 11.1. The predicted molar refractivity (Wildman–Crippen MR) is 206 cm³/mol. The van der Waals surface area contributed by atoms with Crippen LogP contribution in [0.2, 0.25) is 5.15 Å². The number of nitrogens with two attached hydrogens (primary N) is 3. The molecule has 4 aromatic rings. The normalized spacial score (nSPS) is 15.3. The van der Waals surface area contributed by atoms with Gasteiger partial charge in [0.05, 0.1) is 0 Å². The number of rotatable bonds is 13. The molecule has 2 aliphatic rings. The first kappa shape index (κ1) is 37.6. The van der Waals surface area contributed by atoms with Crippen LogP contribution in [0, 0.1) is 18.8 Å². The molecular formula is C40H47ClN8O4. The van der Waals surface area contributed by atoms with Crippen LogP contribution < -0.4 is 22.5 Å². The Bertz CT molecular complexity index is 1920. The van der Waals surface area contributed by atoms with Crippen LogP contribution in [0.15, 0.2) is 72.8 Å². The number of benzene rings is 3. The number of fused-ring (bicyclic) bond motifs is 3. The number of hydrogen-bond donors (Lipinski definition) is 5. The van der Waals surface area contributed by atoms with Crippen LogP contribution in [0.25, 0.3) is 11.1 Å². The summed E-state index contributed by atoms with van der Waals surface area (Å²) in [6.07, 6.45) is 1.66. The van der Waals surface area contributed by atoms with Gasteiger partial charge in [-0.2, -0.15) is 0 Å². The number of likely N-dealkylation sites (tertiary alicyclic amines) is 1. The zero-order valence-electron chi connectivity index (χ0n) is 29.9. The van der Waals surface area contributed by atoms with Crippen molar-refractivity contribution in [2.24, 2.45) is 17.6 Å². The Morgan fingerprint density at radius 1 is 0.943 bits per heavy atom. The first-order valence-electron chi connectivity index (χ1n) is 18.1. The summed E-state index contributed by atoms with van der Waals surface area (Å²) < 4.78 is 0. The summed E-state index contributed by atoms with van der Waals surface area (Å²) in [6.45, 7) is 3.68. The van der Waals surface area contributed by atoms with E-state index < -0.39 is 12.0 Å². The highest BCUT2D eigenvalue weighted by Gasteiger charge is 2.39. The molecule has 3 aromatic carbocycles. The number of halogens is 1. The fourth-order valence-electron chi connectivity index (χ4n) is 8.06. The fourth-order valence-corrected chi connectivity index (χ4v) is 8.19. The molecule has 2 unspecified atom stereocenters. The molecular weight excluding hydrogens is 692 g/mol. The van der Waals surface area contributed by atoms with E-state index in [0.717, 1.165) is 11.1 Å². The van der Waals surface area contributed by atoms with Gasteiger partial charge in [0.15, 0.2) is 22.5 Å². The van der Waals surface area contributed by atoms with E-state index in [0.29, 0.717) is 38.8 Å². The number of aromatic nitrogens is 2. The summed E-state index contributed by atoms with van der Waals surface area (Å²) in [5.74, 6) is -1.14. The standard InChI is InChI=1S/C40H47ClN8O4/c1-24-8-2-3-9-27(24)20-25(22-45-39(51)35-37(43)47-38(44)36(41)46-35)23-49(40(52)53)33(26-15-18-48(19-16-26)34(50)14-17-42)21-32-30-12-6-4-10-28(30)29-11-5-7-13-31(29)32/h2-13,25-26,32-33H,14-23,42H2,1H3,(H,45,51)(H,52,53)(H4,43,44,47). The Morgan fingerprint density at radius 3 is 2.19 bits per heavy atom. The molecule has 13 heteroatoms. The van der Waals surface area contributed by atoms with Gasteiger partial charge in [-0.25, -0.2) is 14.8 Å². The number of carbonyl (C=O) groups is 3. The molecule has 3 amide bonds. The van der Waals surface area contributed by atoms with Crippen LogP contribution in [0.5, 0.6) is 0 Å². The van der Waals surface area contributed by atoms with Crippen LogP contribution in [0.3, 0.4) is 0 Å². The van der Waals surface area contributed by atoms with Crippen molar-refractivity contribution in [3.05, 3.63) is 106 Å². The van der Waals surface area contributed by atoms with Gasteiger partial charge >= 0.3 is 6.09 Å². The lowest BCUT2D eigenvalue weighted by molar-refractivity contribution is -0.132. The molecule has 0 spiro atoms. The number of carboxylic acid groups (broad SMARTS) is 1. The van der Waals surface area contributed by atoms with Crippen LogP contribution >= 0.6 is 11.6 Å². The third kappa shape index (κ3) is 8.39. The lowest BCUT2D eigenvalue weighted by atomic mass is 9.80. The van der Waals surface area contributed by atoms with Gasteiger partial charge in [-0.1, -0.05) is 84.4 Å². The average molecular weight is 739 g/mol. The molecule has 1 fully saturated rings. The monoisotopic (exact) mass is 738 g/mol. The minimum absolute atomic E-state index is 0.00588. The van der Waals surface area contributed by atoms with Gasteiger partial charge in [-0.3, -0.25) is 9.59 Å². The van der Waals surface area contributed by atoms with Crippen molar-refractivity contribution in [1.29, 1.82) is 0 Å². The predicted octanol–water partition coefficient (Wildman–Crippen LogP) is 5.33. The third-order valence-electron chi connectivity index (χ3n) is 10.8. The first-order valence-corrected chi connectivity index (χ1v) is 18.5. The number of hydrogen-bond acceptors (Lipinski definition) is 8. The minimum Gasteiger partial charge on any atom is -0.465 e. The molecule has 1 aromatic heterocycles. The Balaban J connectivity index is 1.33. The van der Waals surface area contributed by atoms with Crippen molar-refractivity contribution >= 4 is 41.1 Å². The van der Waals surface area contributed by atoms with Gasteiger partial charge in [-0.05, 0) is 77.8 Å². The molecule has 0 saturated carbocycles. The fraction of sp³-hybridized carbons (Fsp3) is 0.375. The minimum atomic E-state index is -1.03. The van der Waals surface area contributed by atoms with E-state index in [2.05, 4.69) is 39.6 Å². The summed E-state index contributed by atoms with van der Waals surface area (Å²) in [5.41, 5.74) is 24.1. The molecule has 1 aliphatic carbocycles. The Labute approximate surface area is 314 Å².